The zero-order chi connectivity index (χ0) is 20.1. The highest BCUT2D eigenvalue weighted by atomic mass is 19.1. The Morgan fingerprint density at radius 1 is 1.18 bits per heavy atom. The van der Waals surface area contributed by atoms with Gasteiger partial charge in [0.05, 0.1) is 5.56 Å². The normalized spacial score (nSPS) is 13.5. The lowest BCUT2D eigenvalue weighted by Crippen LogP contribution is -2.30. The van der Waals surface area contributed by atoms with E-state index in [0.717, 1.165) is 12.0 Å². The summed E-state index contributed by atoms with van der Waals surface area (Å²) in [5.41, 5.74) is 1.70. The maximum Gasteiger partial charge on any atom is 0.338 e. The smallest absolute Gasteiger partial charge is 0.338 e. The number of carbonyl (C=O) groups excluding carboxylic acids is 3. The lowest BCUT2D eigenvalue weighted by Gasteiger charge is -2.18. The molecule has 0 aliphatic carbocycles. The fraction of sp³-hybridized carbons (Fsp3) is 0.286. The molecular weight excluding hydrogens is 363 g/mol. The van der Waals surface area contributed by atoms with Crippen LogP contribution in [0.5, 0.6) is 0 Å². The minimum Gasteiger partial charge on any atom is -0.452 e. The van der Waals surface area contributed by atoms with E-state index in [1.807, 2.05) is 0 Å². The zero-order valence-corrected chi connectivity index (χ0v) is 15.6. The van der Waals surface area contributed by atoms with Crippen molar-refractivity contribution in [1.29, 1.82) is 0 Å². The largest absolute Gasteiger partial charge is 0.452 e. The molecule has 0 spiro atoms. The summed E-state index contributed by atoms with van der Waals surface area (Å²) in [5, 5.41) is 0. The van der Waals surface area contributed by atoms with Crippen LogP contribution in [0.3, 0.4) is 0 Å². The molecule has 0 atom stereocenters. The molecule has 1 aliphatic rings. The Bertz CT molecular complexity index is 882. The summed E-state index contributed by atoms with van der Waals surface area (Å²) in [6.07, 6.45) is 1.30. The van der Waals surface area contributed by atoms with Crippen LogP contribution < -0.4 is 4.90 Å². The molecule has 0 unspecified atom stereocenters. The van der Waals surface area contributed by atoms with Crippen LogP contribution in [0.1, 0.15) is 28.8 Å². The average molecular weight is 384 g/mol. The number of esters is 1. The molecule has 0 bridgehead atoms. The van der Waals surface area contributed by atoms with Crippen molar-refractivity contribution in [3.8, 4) is 0 Å². The second kappa shape index (κ2) is 8.65. The highest BCUT2D eigenvalue weighted by molar-refractivity contribution is 5.97. The maximum absolute atomic E-state index is 12.9. The van der Waals surface area contributed by atoms with Crippen LogP contribution in [0.25, 0.3) is 0 Å². The molecule has 1 fully saturated rings. The molecule has 0 saturated carbocycles. The van der Waals surface area contributed by atoms with E-state index in [2.05, 4.69) is 0 Å². The molecule has 3 rings (SSSR count). The summed E-state index contributed by atoms with van der Waals surface area (Å²) in [7, 11) is 1.58. The first-order valence-corrected chi connectivity index (χ1v) is 9.00. The van der Waals surface area contributed by atoms with Gasteiger partial charge in [0, 0.05) is 32.2 Å². The number of ether oxygens (including phenoxy) is 1. The van der Waals surface area contributed by atoms with Crippen LogP contribution in [0.4, 0.5) is 10.1 Å². The summed E-state index contributed by atoms with van der Waals surface area (Å²) in [6.45, 7) is 0.511. The number of likely N-dealkylation sites (N-methyl/N-ethyl adjacent to an activating group) is 1. The topological polar surface area (TPSA) is 66.9 Å². The number of amides is 2. The number of carbonyl (C=O) groups is 3. The zero-order valence-electron chi connectivity index (χ0n) is 15.6. The lowest BCUT2D eigenvalue weighted by molar-refractivity contribution is -0.133. The van der Waals surface area contributed by atoms with E-state index in [0.29, 0.717) is 18.7 Å². The van der Waals surface area contributed by atoms with Gasteiger partial charge in [-0.1, -0.05) is 18.2 Å². The summed E-state index contributed by atoms with van der Waals surface area (Å²) in [6, 6.07) is 12.5. The van der Waals surface area contributed by atoms with Gasteiger partial charge in [-0.25, -0.2) is 9.18 Å². The number of anilines is 1. The Labute approximate surface area is 162 Å². The Morgan fingerprint density at radius 3 is 2.61 bits per heavy atom. The third-order valence-corrected chi connectivity index (χ3v) is 4.55. The van der Waals surface area contributed by atoms with Gasteiger partial charge >= 0.3 is 5.97 Å². The van der Waals surface area contributed by atoms with Crippen LogP contribution in [-0.2, 0) is 20.9 Å². The highest BCUT2D eigenvalue weighted by Crippen LogP contribution is 2.22. The summed E-state index contributed by atoms with van der Waals surface area (Å²) in [5.74, 6) is -1.31. The summed E-state index contributed by atoms with van der Waals surface area (Å²) < 4.78 is 18.1. The molecule has 0 N–H and O–H groups in total. The van der Waals surface area contributed by atoms with Crippen molar-refractivity contribution in [1.82, 2.24) is 4.90 Å². The second-order valence-electron chi connectivity index (χ2n) is 6.65. The number of halogens is 1. The molecule has 1 aliphatic heterocycles. The van der Waals surface area contributed by atoms with Crippen molar-refractivity contribution >= 4 is 23.5 Å². The number of rotatable bonds is 6. The quantitative estimate of drug-likeness (QED) is 0.719. The van der Waals surface area contributed by atoms with E-state index in [9.17, 15) is 18.8 Å². The first kappa shape index (κ1) is 19.5. The van der Waals surface area contributed by atoms with Crippen molar-refractivity contribution in [2.24, 2.45) is 0 Å². The van der Waals surface area contributed by atoms with Gasteiger partial charge in [0.25, 0.3) is 5.91 Å². The third kappa shape index (κ3) is 4.73. The van der Waals surface area contributed by atoms with Crippen LogP contribution >= 0.6 is 0 Å². The molecule has 1 heterocycles. The van der Waals surface area contributed by atoms with E-state index in [1.54, 1.807) is 48.3 Å². The fourth-order valence-corrected chi connectivity index (χ4v) is 2.99. The maximum atomic E-state index is 12.9. The van der Waals surface area contributed by atoms with Crippen LogP contribution in [0.15, 0.2) is 48.5 Å². The summed E-state index contributed by atoms with van der Waals surface area (Å²) in [4.78, 5) is 39.4. The fourth-order valence-electron chi connectivity index (χ4n) is 2.99. The third-order valence-electron chi connectivity index (χ3n) is 4.55. The first-order valence-electron chi connectivity index (χ1n) is 9.00. The van der Waals surface area contributed by atoms with Crippen LogP contribution in [0.2, 0.25) is 0 Å². The Hall–Kier alpha value is -3.22. The van der Waals surface area contributed by atoms with Gasteiger partial charge in [-0.05, 0) is 42.3 Å². The molecular formula is C21H21FN2O4. The lowest BCUT2D eigenvalue weighted by atomic mass is 10.2. The predicted octanol–water partition coefficient (Wildman–Crippen LogP) is 2.77. The first-order chi connectivity index (χ1) is 13.4. The molecule has 0 radical (unpaired) electrons. The van der Waals surface area contributed by atoms with Gasteiger partial charge in [-0.3, -0.25) is 9.59 Å². The minimum atomic E-state index is -0.628. The minimum absolute atomic E-state index is 0.0307. The standard InChI is InChI=1S/C21H21FN2O4/c1-23(13-15-7-9-17(22)10-8-15)20(26)14-28-21(27)16-4-2-5-18(12-16)24-11-3-6-19(24)25/h2,4-5,7-10,12H,3,6,11,13-14H2,1H3. The van der Waals surface area contributed by atoms with Gasteiger partial charge in [-0.2, -0.15) is 0 Å². The molecule has 1 saturated heterocycles. The average Bonchev–Trinajstić information content (AvgIpc) is 3.13. The van der Waals surface area contributed by atoms with Crippen LogP contribution in [0, 0.1) is 5.82 Å². The van der Waals surface area contributed by atoms with Crippen molar-refractivity contribution in [2.75, 3.05) is 25.1 Å². The van der Waals surface area contributed by atoms with Gasteiger partial charge in [0.15, 0.2) is 6.61 Å². The molecule has 6 nitrogen and oxygen atoms in total. The molecule has 2 amide bonds. The van der Waals surface area contributed by atoms with E-state index in [4.69, 9.17) is 4.74 Å². The predicted molar refractivity (Wildman–Crippen MR) is 101 cm³/mol. The van der Waals surface area contributed by atoms with E-state index < -0.39 is 12.6 Å². The monoisotopic (exact) mass is 384 g/mol. The SMILES string of the molecule is CN(Cc1ccc(F)cc1)C(=O)COC(=O)c1cccc(N2CCCC2=O)c1. The van der Waals surface area contributed by atoms with Crippen molar-refractivity contribution < 1.29 is 23.5 Å². The van der Waals surface area contributed by atoms with Gasteiger partial charge in [0.2, 0.25) is 5.91 Å². The van der Waals surface area contributed by atoms with Gasteiger partial charge in [-0.15, -0.1) is 0 Å². The molecule has 2 aromatic rings. The molecule has 2 aromatic carbocycles. The molecule has 146 valence electrons. The molecule has 0 aromatic heterocycles. The highest BCUT2D eigenvalue weighted by Gasteiger charge is 2.22. The van der Waals surface area contributed by atoms with Gasteiger partial charge < -0.3 is 14.5 Å². The molecule has 28 heavy (non-hydrogen) atoms. The van der Waals surface area contributed by atoms with E-state index in [1.165, 1.54) is 17.0 Å². The van der Waals surface area contributed by atoms with E-state index in [-0.39, 0.29) is 29.7 Å². The van der Waals surface area contributed by atoms with Crippen molar-refractivity contribution in [2.45, 2.75) is 19.4 Å². The molecule has 7 heteroatoms. The Morgan fingerprint density at radius 2 is 1.93 bits per heavy atom. The number of nitrogens with zero attached hydrogens (tertiary/aromatic N) is 2. The van der Waals surface area contributed by atoms with Crippen molar-refractivity contribution in [3.63, 3.8) is 0 Å². The number of hydrogen-bond donors (Lipinski definition) is 0. The Kier molecular flexibility index (Phi) is 6.03. The number of benzene rings is 2. The van der Waals surface area contributed by atoms with Crippen molar-refractivity contribution in [3.05, 3.63) is 65.5 Å². The van der Waals surface area contributed by atoms with Crippen LogP contribution in [-0.4, -0.2) is 42.9 Å². The van der Waals surface area contributed by atoms with E-state index >= 15 is 0 Å². The number of hydrogen-bond acceptors (Lipinski definition) is 4. The Balaban J connectivity index is 1.55. The second-order valence-corrected chi connectivity index (χ2v) is 6.65. The summed E-state index contributed by atoms with van der Waals surface area (Å²) >= 11 is 0. The van der Waals surface area contributed by atoms with Gasteiger partial charge in [0.1, 0.15) is 5.82 Å².